The molecule has 2 aromatic rings. The van der Waals surface area contributed by atoms with Gasteiger partial charge < -0.3 is 5.11 Å². The van der Waals surface area contributed by atoms with Gasteiger partial charge in [-0.1, -0.05) is 39.7 Å². The first-order chi connectivity index (χ1) is 7.65. The fraction of sp³-hybridized carbons (Fsp3) is 0.167. The Morgan fingerprint density at radius 2 is 2.00 bits per heavy atom. The van der Waals surface area contributed by atoms with Crippen LogP contribution < -0.4 is 0 Å². The largest absolute Gasteiger partial charge is 0.387 e. The molecule has 2 rings (SSSR count). The molecule has 1 unspecified atom stereocenters. The van der Waals surface area contributed by atoms with Gasteiger partial charge in [0.2, 0.25) is 0 Å². The average molecular weight is 318 g/mol. The van der Waals surface area contributed by atoms with E-state index >= 15 is 0 Å². The lowest BCUT2D eigenvalue weighted by Crippen LogP contribution is -1.99. The monoisotopic (exact) mass is 316 g/mol. The van der Waals surface area contributed by atoms with Crippen molar-refractivity contribution in [3.05, 3.63) is 55.6 Å². The highest BCUT2D eigenvalue weighted by molar-refractivity contribution is 9.10. The second-order valence-electron chi connectivity index (χ2n) is 3.51. The third-order valence-corrected chi connectivity index (χ3v) is 4.17. The quantitative estimate of drug-likeness (QED) is 0.887. The van der Waals surface area contributed by atoms with E-state index in [0.717, 1.165) is 14.9 Å². The van der Waals surface area contributed by atoms with E-state index in [4.69, 9.17) is 11.6 Å². The normalized spacial score (nSPS) is 12.7. The molecule has 1 N–H and O–H groups in total. The minimum absolute atomic E-state index is 0.473. The predicted octanol–water partition coefficient (Wildman–Crippen LogP) is 4.44. The van der Waals surface area contributed by atoms with Gasteiger partial charge in [-0.3, -0.25) is 0 Å². The van der Waals surface area contributed by atoms with E-state index < -0.39 is 6.10 Å². The first-order valence-electron chi connectivity index (χ1n) is 4.81. The van der Waals surface area contributed by atoms with Crippen molar-refractivity contribution in [2.45, 2.75) is 12.5 Å². The van der Waals surface area contributed by atoms with Crippen LogP contribution in [0.3, 0.4) is 0 Å². The maximum absolute atomic E-state index is 10.00. The van der Waals surface area contributed by atoms with E-state index in [1.807, 2.05) is 35.7 Å². The SMILES string of the molecule is OC(Cc1ccc(Br)cc1)c1cc(Cl)cs1. The summed E-state index contributed by atoms with van der Waals surface area (Å²) >= 11 is 10.7. The van der Waals surface area contributed by atoms with Crippen LogP contribution in [0.2, 0.25) is 5.02 Å². The second-order valence-corrected chi connectivity index (χ2v) is 5.81. The minimum Gasteiger partial charge on any atom is -0.387 e. The first-order valence-corrected chi connectivity index (χ1v) is 6.86. The number of rotatable bonds is 3. The van der Waals surface area contributed by atoms with Gasteiger partial charge in [0, 0.05) is 21.2 Å². The number of halogens is 2. The van der Waals surface area contributed by atoms with Crippen LogP contribution in [0.4, 0.5) is 0 Å². The molecule has 0 aliphatic carbocycles. The molecule has 1 heterocycles. The highest BCUT2D eigenvalue weighted by atomic mass is 79.9. The Balaban J connectivity index is 2.07. The highest BCUT2D eigenvalue weighted by Gasteiger charge is 2.10. The zero-order chi connectivity index (χ0) is 11.5. The molecule has 1 aromatic heterocycles. The van der Waals surface area contributed by atoms with Crippen LogP contribution >= 0.6 is 38.9 Å². The van der Waals surface area contributed by atoms with Gasteiger partial charge in [-0.25, -0.2) is 0 Å². The number of hydrogen-bond acceptors (Lipinski definition) is 2. The maximum Gasteiger partial charge on any atom is 0.0922 e. The maximum atomic E-state index is 10.00. The van der Waals surface area contributed by atoms with Crippen LogP contribution in [0.25, 0.3) is 0 Å². The summed E-state index contributed by atoms with van der Waals surface area (Å²) in [7, 11) is 0. The van der Waals surface area contributed by atoms with E-state index in [9.17, 15) is 5.11 Å². The number of aliphatic hydroxyl groups is 1. The van der Waals surface area contributed by atoms with E-state index in [-0.39, 0.29) is 0 Å². The van der Waals surface area contributed by atoms with Gasteiger partial charge in [-0.15, -0.1) is 11.3 Å². The van der Waals surface area contributed by atoms with Crippen molar-refractivity contribution in [3.63, 3.8) is 0 Å². The molecular formula is C12H10BrClOS. The molecule has 0 saturated heterocycles. The van der Waals surface area contributed by atoms with E-state index in [1.54, 1.807) is 0 Å². The molecule has 0 aliphatic heterocycles. The van der Waals surface area contributed by atoms with Crippen LogP contribution in [0.1, 0.15) is 16.5 Å². The molecule has 0 aliphatic rings. The summed E-state index contributed by atoms with van der Waals surface area (Å²) in [4.78, 5) is 0.910. The van der Waals surface area contributed by atoms with Crippen LogP contribution in [-0.2, 0) is 6.42 Å². The Hall–Kier alpha value is -0.350. The Morgan fingerprint density at radius 3 is 2.56 bits per heavy atom. The average Bonchev–Trinajstić information content (AvgIpc) is 2.68. The molecule has 84 valence electrons. The smallest absolute Gasteiger partial charge is 0.0922 e. The highest BCUT2D eigenvalue weighted by Crippen LogP contribution is 2.27. The summed E-state index contributed by atoms with van der Waals surface area (Å²) in [6.45, 7) is 0. The Labute approximate surface area is 112 Å². The van der Waals surface area contributed by atoms with Gasteiger partial charge in [0.15, 0.2) is 0 Å². The van der Waals surface area contributed by atoms with E-state index in [1.165, 1.54) is 11.3 Å². The molecule has 0 saturated carbocycles. The van der Waals surface area contributed by atoms with Crippen molar-refractivity contribution in [1.82, 2.24) is 0 Å². The summed E-state index contributed by atoms with van der Waals surface area (Å²) in [5.74, 6) is 0. The fourth-order valence-electron chi connectivity index (χ4n) is 1.45. The van der Waals surface area contributed by atoms with Gasteiger partial charge in [-0.2, -0.15) is 0 Å². The topological polar surface area (TPSA) is 20.2 Å². The molecule has 0 amide bonds. The molecular weight excluding hydrogens is 308 g/mol. The van der Waals surface area contributed by atoms with Crippen molar-refractivity contribution < 1.29 is 5.11 Å². The van der Waals surface area contributed by atoms with Crippen LogP contribution in [0.15, 0.2) is 40.2 Å². The number of thiophene rings is 1. The molecule has 0 bridgehead atoms. The summed E-state index contributed by atoms with van der Waals surface area (Å²) < 4.78 is 1.05. The van der Waals surface area contributed by atoms with Crippen LogP contribution in [0, 0.1) is 0 Å². The van der Waals surface area contributed by atoms with E-state index in [0.29, 0.717) is 11.4 Å². The standard InChI is InChI=1S/C12H10BrClOS/c13-9-3-1-8(2-4-9)5-11(15)12-6-10(14)7-16-12/h1-4,6-7,11,15H,5H2. The van der Waals surface area contributed by atoms with Crippen molar-refractivity contribution in [2.75, 3.05) is 0 Å². The van der Waals surface area contributed by atoms with Crippen molar-refractivity contribution >= 4 is 38.9 Å². The third-order valence-electron chi connectivity index (χ3n) is 2.26. The zero-order valence-corrected chi connectivity index (χ0v) is 11.5. The minimum atomic E-state index is -0.473. The number of benzene rings is 1. The molecule has 4 heteroatoms. The Kier molecular flexibility index (Phi) is 4.03. The number of hydrogen-bond donors (Lipinski definition) is 1. The summed E-state index contributed by atoms with van der Waals surface area (Å²) in [6.07, 6.45) is 0.142. The van der Waals surface area contributed by atoms with Crippen molar-refractivity contribution in [1.29, 1.82) is 0 Å². The van der Waals surface area contributed by atoms with Gasteiger partial charge in [0.1, 0.15) is 0 Å². The lowest BCUT2D eigenvalue weighted by atomic mass is 10.1. The van der Waals surface area contributed by atoms with Crippen LogP contribution in [0.5, 0.6) is 0 Å². The van der Waals surface area contributed by atoms with Crippen LogP contribution in [-0.4, -0.2) is 5.11 Å². The molecule has 0 radical (unpaired) electrons. The zero-order valence-electron chi connectivity index (χ0n) is 8.36. The van der Waals surface area contributed by atoms with E-state index in [2.05, 4.69) is 15.9 Å². The van der Waals surface area contributed by atoms with Gasteiger partial charge in [0.05, 0.1) is 11.1 Å². The Morgan fingerprint density at radius 1 is 1.31 bits per heavy atom. The summed E-state index contributed by atoms with van der Waals surface area (Å²) in [5.41, 5.74) is 1.11. The molecule has 16 heavy (non-hydrogen) atoms. The number of aliphatic hydroxyl groups excluding tert-OH is 1. The molecule has 0 spiro atoms. The molecule has 1 atom stereocenters. The van der Waals surface area contributed by atoms with Crippen molar-refractivity contribution in [3.8, 4) is 0 Å². The lowest BCUT2D eigenvalue weighted by molar-refractivity contribution is 0.182. The first kappa shape index (κ1) is 12.1. The molecule has 0 fully saturated rings. The predicted molar refractivity (Wildman–Crippen MR) is 72.1 cm³/mol. The molecule has 1 aromatic carbocycles. The fourth-order valence-corrected chi connectivity index (χ4v) is 2.78. The summed E-state index contributed by atoms with van der Waals surface area (Å²) in [5, 5.41) is 12.5. The second kappa shape index (κ2) is 5.32. The van der Waals surface area contributed by atoms with Gasteiger partial charge in [-0.05, 0) is 23.8 Å². The van der Waals surface area contributed by atoms with Crippen molar-refractivity contribution in [2.24, 2.45) is 0 Å². The lowest BCUT2D eigenvalue weighted by Gasteiger charge is -2.08. The summed E-state index contributed by atoms with van der Waals surface area (Å²) in [6, 6.07) is 9.77. The van der Waals surface area contributed by atoms with Gasteiger partial charge >= 0.3 is 0 Å². The molecule has 1 nitrogen and oxygen atoms in total. The van der Waals surface area contributed by atoms with Gasteiger partial charge in [0.25, 0.3) is 0 Å². The Bertz CT molecular complexity index is 466. The third kappa shape index (κ3) is 3.08.